The Kier molecular flexibility index (Phi) is 4.64. The fourth-order valence-electron chi connectivity index (χ4n) is 1.81. The van der Waals surface area contributed by atoms with Gasteiger partial charge in [-0.2, -0.15) is 0 Å². The summed E-state index contributed by atoms with van der Waals surface area (Å²) in [7, 11) is 0. The lowest BCUT2D eigenvalue weighted by molar-refractivity contribution is 0.0938. The molecular formula is C14H14BrN3O3. The predicted octanol–water partition coefficient (Wildman–Crippen LogP) is 3.02. The van der Waals surface area contributed by atoms with Gasteiger partial charge in [0, 0.05) is 5.69 Å². The van der Waals surface area contributed by atoms with Gasteiger partial charge in [0.15, 0.2) is 4.67 Å². The average molecular weight is 352 g/mol. The SMILES string of the molecule is CC(NC(=O)c1ccoc1Br)c1ccc(NC(N)=O)cc1. The molecule has 0 aliphatic carbocycles. The molecule has 0 radical (unpaired) electrons. The second-order valence-corrected chi connectivity index (χ2v) is 5.13. The van der Waals surface area contributed by atoms with Crippen molar-refractivity contribution in [1.82, 2.24) is 5.32 Å². The predicted molar refractivity (Wildman–Crippen MR) is 81.9 cm³/mol. The lowest BCUT2D eigenvalue weighted by Gasteiger charge is -2.14. The van der Waals surface area contributed by atoms with Gasteiger partial charge in [-0.3, -0.25) is 4.79 Å². The summed E-state index contributed by atoms with van der Waals surface area (Å²) in [5.74, 6) is -0.234. The van der Waals surface area contributed by atoms with Gasteiger partial charge in [-0.1, -0.05) is 12.1 Å². The molecule has 0 spiro atoms. The summed E-state index contributed by atoms with van der Waals surface area (Å²) >= 11 is 3.17. The van der Waals surface area contributed by atoms with Gasteiger partial charge in [-0.25, -0.2) is 4.79 Å². The van der Waals surface area contributed by atoms with Crippen LogP contribution in [0.15, 0.2) is 45.7 Å². The number of primary amides is 1. The lowest BCUT2D eigenvalue weighted by atomic mass is 10.1. The molecule has 1 aromatic carbocycles. The third kappa shape index (κ3) is 3.85. The van der Waals surface area contributed by atoms with Crippen molar-refractivity contribution in [3.05, 3.63) is 52.4 Å². The van der Waals surface area contributed by atoms with Crippen LogP contribution in [-0.2, 0) is 0 Å². The van der Waals surface area contributed by atoms with E-state index in [-0.39, 0.29) is 11.9 Å². The van der Waals surface area contributed by atoms with Gasteiger partial charge in [0.25, 0.3) is 5.91 Å². The molecule has 110 valence electrons. The maximum atomic E-state index is 12.0. The van der Waals surface area contributed by atoms with Crippen LogP contribution in [0, 0.1) is 0 Å². The molecule has 2 aromatic rings. The molecule has 0 fully saturated rings. The molecule has 0 aliphatic heterocycles. The minimum atomic E-state index is -0.617. The van der Waals surface area contributed by atoms with Crippen LogP contribution in [0.1, 0.15) is 28.9 Å². The molecule has 1 unspecified atom stereocenters. The zero-order chi connectivity index (χ0) is 15.4. The Morgan fingerprint density at radius 1 is 1.24 bits per heavy atom. The van der Waals surface area contributed by atoms with Gasteiger partial charge in [-0.05, 0) is 46.6 Å². The number of nitrogens with one attached hydrogen (secondary N) is 2. The van der Waals surface area contributed by atoms with E-state index >= 15 is 0 Å². The van der Waals surface area contributed by atoms with Crippen LogP contribution in [-0.4, -0.2) is 11.9 Å². The molecule has 0 aliphatic rings. The van der Waals surface area contributed by atoms with Crippen molar-refractivity contribution < 1.29 is 14.0 Å². The number of hydrogen-bond donors (Lipinski definition) is 3. The third-order valence-electron chi connectivity index (χ3n) is 2.89. The Labute approximate surface area is 129 Å². The van der Waals surface area contributed by atoms with E-state index in [2.05, 4.69) is 26.6 Å². The number of urea groups is 1. The highest BCUT2D eigenvalue weighted by atomic mass is 79.9. The summed E-state index contributed by atoms with van der Waals surface area (Å²) in [6.07, 6.45) is 1.44. The molecule has 0 saturated heterocycles. The molecule has 6 nitrogen and oxygen atoms in total. The van der Waals surface area contributed by atoms with Crippen molar-refractivity contribution in [2.75, 3.05) is 5.32 Å². The van der Waals surface area contributed by atoms with Gasteiger partial charge >= 0.3 is 6.03 Å². The highest BCUT2D eigenvalue weighted by Crippen LogP contribution is 2.20. The molecule has 7 heteroatoms. The van der Waals surface area contributed by atoms with Crippen LogP contribution in [0.3, 0.4) is 0 Å². The topological polar surface area (TPSA) is 97.4 Å². The fraction of sp³-hybridized carbons (Fsp3) is 0.143. The van der Waals surface area contributed by atoms with Crippen molar-refractivity contribution in [2.24, 2.45) is 5.73 Å². The van der Waals surface area contributed by atoms with E-state index in [4.69, 9.17) is 10.2 Å². The monoisotopic (exact) mass is 351 g/mol. The minimum absolute atomic E-state index is 0.193. The summed E-state index contributed by atoms with van der Waals surface area (Å²) in [4.78, 5) is 22.8. The second kappa shape index (κ2) is 6.45. The van der Waals surface area contributed by atoms with E-state index < -0.39 is 6.03 Å². The van der Waals surface area contributed by atoms with Crippen molar-refractivity contribution in [3.8, 4) is 0 Å². The Balaban J connectivity index is 2.03. The molecule has 21 heavy (non-hydrogen) atoms. The number of hydrogen-bond acceptors (Lipinski definition) is 3. The number of carbonyl (C=O) groups excluding carboxylic acids is 2. The van der Waals surface area contributed by atoms with Crippen LogP contribution < -0.4 is 16.4 Å². The number of nitrogens with two attached hydrogens (primary N) is 1. The maximum absolute atomic E-state index is 12.0. The number of furan rings is 1. The Morgan fingerprint density at radius 2 is 1.90 bits per heavy atom. The minimum Gasteiger partial charge on any atom is -0.457 e. The van der Waals surface area contributed by atoms with Gasteiger partial charge in [0.2, 0.25) is 0 Å². The number of anilines is 1. The molecular weight excluding hydrogens is 338 g/mol. The van der Waals surface area contributed by atoms with Gasteiger partial charge < -0.3 is 20.8 Å². The molecule has 0 bridgehead atoms. The third-order valence-corrected chi connectivity index (χ3v) is 3.50. The van der Waals surface area contributed by atoms with E-state index in [1.165, 1.54) is 6.26 Å². The number of amides is 3. The van der Waals surface area contributed by atoms with Crippen molar-refractivity contribution in [2.45, 2.75) is 13.0 Å². The van der Waals surface area contributed by atoms with Gasteiger partial charge in [-0.15, -0.1) is 0 Å². The molecule has 2 rings (SSSR count). The Hall–Kier alpha value is -2.28. The highest BCUT2D eigenvalue weighted by Gasteiger charge is 2.15. The summed E-state index contributed by atoms with van der Waals surface area (Å²) < 4.78 is 5.43. The highest BCUT2D eigenvalue weighted by molar-refractivity contribution is 9.10. The van der Waals surface area contributed by atoms with Gasteiger partial charge in [0.05, 0.1) is 17.9 Å². The van der Waals surface area contributed by atoms with E-state index in [0.717, 1.165) is 5.56 Å². The quantitative estimate of drug-likeness (QED) is 0.789. The first kappa shape index (κ1) is 15.1. The Bertz CT molecular complexity index is 652. The molecule has 0 saturated carbocycles. The van der Waals surface area contributed by atoms with Crippen molar-refractivity contribution in [3.63, 3.8) is 0 Å². The standard InChI is InChI=1S/C14H14BrN3O3/c1-8(17-13(19)11-6-7-21-12(11)15)9-2-4-10(5-3-9)18-14(16)20/h2-8H,1H3,(H,17,19)(H3,16,18,20). The van der Waals surface area contributed by atoms with Crippen molar-refractivity contribution in [1.29, 1.82) is 0 Å². The zero-order valence-corrected chi connectivity index (χ0v) is 12.8. The van der Waals surface area contributed by atoms with Crippen LogP contribution in [0.5, 0.6) is 0 Å². The average Bonchev–Trinajstić information content (AvgIpc) is 2.85. The first-order valence-electron chi connectivity index (χ1n) is 6.17. The van der Waals surface area contributed by atoms with E-state index in [0.29, 0.717) is 15.9 Å². The van der Waals surface area contributed by atoms with Crippen molar-refractivity contribution >= 4 is 33.6 Å². The van der Waals surface area contributed by atoms with E-state index in [1.807, 2.05) is 6.92 Å². The summed E-state index contributed by atoms with van der Waals surface area (Å²) in [5.41, 5.74) is 6.98. The van der Waals surface area contributed by atoms with Crippen LogP contribution in [0.25, 0.3) is 0 Å². The normalized spacial score (nSPS) is 11.7. The summed E-state index contributed by atoms with van der Waals surface area (Å²) in [5, 5.41) is 5.33. The van der Waals surface area contributed by atoms with Gasteiger partial charge in [0.1, 0.15) is 0 Å². The number of carbonyl (C=O) groups is 2. The molecule has 1 aromatic heterocycles. The first-order valence-corrected chi connectivity index (χ1v) is 6.97. The first-order chi connectivity index (χ1) is 9.97. The largest absolute Gasteiger partial charge is 0.457 e. The molecule has 1 heterocycles. The summed E-state index contributed by atoms with van der Waals surface area (Å²) in [6, 6.07) is 7.83. The molecule has 4 N–H and O–H groups in total. The molecule has 3 amide bonds. The lowest BCUT2D eigenvalue weighted by Crippen LogP contribution is -2.26. The number of rotatable bonds is 4. The van der Waals surface area contributed by atoms with Crippen LogP contribution >= 0.6 is 15.9 Å². The number of benzene rings is 1. The number of halogens is 1. The van der Waals surface area contributed by atoms with E-state index in [1.54, 1.807) is 30.3 Å². The molecule has 1 atom stereocenters. The second-order valence-electron chi connectivity index (χ2n) is 4.41. The summed E-state index contributed by atoms with van der Waals surface area (Å²) in [6.45, 7) is 1.86. The fourth-order valence-corrected chi connectivity index (χ4v) is 2.23. The maximum Gasteiger partial charge on any atom is 0.316 e. The Morgan fingerprint density at radius 3 is 2.43 bits per heavy atom. The van der Waals surface area contributed by atoms with Crippen LogP contribution in [0.4, 0.5) is 10.5 Å². The van der Waals surface area contributed by atoms with E-state index in [9.17, 15) is 9.59 Å². The smallest absolute Gasteiger partial charge is 0.316 e. The zero-order valence-electron chi connectivity index (χ0n) is 11.2. The van der Waals surface area contributed by atoms with Crippen LogP contribution in [0.2, 0.25) is 0 Å².